The standard InChI is InChI=1S/C21H30ClN3O3.4C2H6.C2H2/c1-5-18(24-20(27)23-13-21(3,4)28)19(26)25-11-10-17(14(2)12-25)15-6-8-16(22)9-7-15;5*1-2/h1,6-8,14,16-18,28H,9-13H2,2-4H3,(H2,23,24,27);4*1-2H3;1-2H. The molecule has 1 aliphatic heterocycles. The first-order valence-corrected chi connectivity index (χ1v) is 14.4. The van der Waals surface area contributed by atoms with Crippen LogP contribution < -0.4 is 10.6 Å². The zero-order valence-corrected chi connectivity index (χ0v) is 26.7. The topological polar surface area (TPSA) is 81.7 Å². The van der Waals surface area contributed by atoms with Crippen LogP contribution in [0.3, 0.4) is 0 Å². The molecule has 0 aromatic heterocycles. The Morgan fingerprint density at radius 1 is 1.16 bits per heavy atom. The molecular weight excluding hydrogens is 498 g/mol. The summed E-state index contributed by atoms with van der Waals surface area (Å²) in [6.07, 6.45) is 21.5. The largest absolute Gasteiger partial charge is 0.389 e. The van der Waals surface area contributed by atoms with Crippen LogP contribution in [-0.4, -0.2) is 58.6 Å². The van der Waals surface area contributed by atoms with E-state index in [2.05, 4.69) is 48.5 Å². The number of allylic oxidation sites excluding steroid dienone is 4. The van der Waals surface area contributed by atoms with Crippen molar-refractivity contribution in [3.8, 4) is 25.2 Å². The van der Waals surface area contributed by atoms with Gasteiger partial charge >= 0.3 is 6.03 Å². The first-order valence-electron chi connectivity index (χ1n) is 14.0. The van der Waals surface area contributed by atoms with Crippen molar-refractivity contribution in [3.05, 3.63) is 23.8 Å². The second-order valence-electron chi connectivity index (χ2n) is 8.21. The molecule has 0 bridgehead atoms. The van der Waals surface area contributed by atoms with Crippen LogP contribution in [0.5, 0.6) is 0 Å². The Morgan fingerprint density at radius 2 is 1.68 bits per heavy atom. The van der Waals surface area contributed by atoms with Crippen LogP contribution in [0.4, 0.5) is 4.79 Å². The second kappa shape index (κ2) is 26.2. The molecule has 0 saturated carbocycles. The highest BCUT2D eigenvalue weighted by molar-refractivity contribution is 6.22. The molecule has 220 valence electrons. The lowest BCUT2D eigenvalue weighted by Gasteiger charge is -2.39. The van der Waals surface area contributed by atoms with Crippen LogP contribution in [-0.2, 0) is 4.79 Å². The van der Waals surface area contributed by atoms with E-state index >= 15 is 0 Å². The molecule has 0 spiro atoms. The van der Waals surface area contributed by atoms with Gasteiger partial charge < -0.3 is 20.6 Å². The lowest BCUT2D eigenvalue weighted by atomic mass is 9.79. The first kappa shape index (κ1) is 42.7. The predicted octanol–water partition coefficient (Wildman–Crippen LogP) is 6.39. The maximum absolute atomic E-state index is 12.8. The van der Waals surface area contributed by atoms with Crippen molar-refractivity contribution in [2.24, 2.45) is 11.8 Å². The number of carbonyl (C=O) groups excluding carboxylic acids is 2. The van der Waals surface area contributed by atoms with Crippen LogP contribution in [0.15, 0.2) is 23.8 Å². The monoisotopic (exact) mass is 553 g/mol. The van der Waals surface area contributed by atoms with Crippen molar-refractivity contribution in [2.75, 3.05) is 19.6 Å². The number of alkyl halides is 1. The summed E-state index contributed by atoms with van der Waals surface area (Å²) in [5.41, 5.74) is 0.241. The third-order valence-electron chi connectivity index (χ3n) is 5.09. The summed E-state index contributed by atoms with van der Waals surface area (Å²) in [4.78, 5) is 26.5. The van der Waals surface area contributed by atoms with E-state index in [1.165, 1.54) is 5.57 Å². The van der Waals surface area contributed by atoms with E-state index in [4.69, 9.17) is 18.0 Å². The number of nitrogens with one attached hydrogen (secondary N) is 2. The van der Waals surface area contributed by atoms with E-state index in [0.717, 1.165) is 12.8 Å². The number of halogens is 1. The molecule has 4 unspecified atom stereocenters. The van der Waals surface area contributed by atoms with Gasteiger partial charge in [-0.05, 0) is 44.1 Å². The highest BCUT2D eigenvalue weighted by atomic mass is 35.5. The Morgan fingerprint density at radius 3 is 2.08 bits per heavy atom. The summed E-state index contributed by atoms with van der Waals surface area (Å²) in [5, 5.41) is 14.8. The van der Waals surface area contributed by atoms with Crippen LogP contribution in [0.2, 0.25) is 0 Å². The maximum atomic E-state index is 12.8. The third kappa shape index (κ3) is 17.9. The number of nitrogens with zero attached hydrogens (tertiary/aromatic N) is 1. The SMILES string of the molecule is C#C.C#CC(NC(=O)NCC(C)(C)O)C(=O)N1CCC(C2=CCC(Cl)C=C2)C(C)C1.CC.CC.CC.CC. The molecule has 6 nitrogen and oxygen atoms in total. The van der Waals surface area contributed by atoms with Gasteiger partial charge in [0, 0.05) is 19.6 Å². The second-order valence-corrected chi connectivity index (χ2v) is 8.77. The van der Waals surface area contributed by atoms with Gasteiger partial charge in [0.2, 0.25) is 0 Å². The van der Waals surface area contributed by atoms with E-state index in [9.17, 15) is 14.7 Å². The average molecular weight is 554 g/mol. The van der Waals surface area contributed by atoms with E-state index in [0.29, 0.717) is 19.0 Å². The fourth-order valence-electron chi connectivity index (χ4n) is 3.56. The average Bonchev–Trinajstić information content (AvgIpc) is 2.96. The van der Waals surface area contributed by atoms with Gasteiger partial charge in [-0.25, -0.2) is 4.79 Å². The highest BCUT2D eigenvalue weighted by Crippen LogP contribution is 2.33. The molecule has 2 rings (SSSR count). The first-order chi connectivity index (χ1) is 18.1. The van der Waals surface area contributed by atoms with Crippen molar-refractivity contribution < 1.29 is 14.7 Å². The molecule has 3 N–H and O–H groups in total. The smallest absolute Gasteiger partial charge is 0.316 e. The number of rotatable bonds is 5. The van der Waals surface area contributed by atoms with Gasteiger partial charge in [0.05, 0.1) is 11.0 Å². The molecule has 7 heteroatoms. The summed E-state index contributed by atoms with van der Waals surface area (Å²) in [6, 6.07) is -1.61. The fraction of sp³-hybridized carbons (Fsp3) is 0.677. The molecule has 0 radical (unpaired) electrons. The minimum absolute atomic E-state index is 0.0541. The molecule has 38 heavy (non-hydrogen) atoms. The number of aliphatic hydroxyl groups is 1. The van der Waals surface area contributed by atoms with Gasteiger partial charge in [0.25, 0.3) is 5.91 Å². The number of amides is 3. The molecule has 4 atom stereocenters. The molecule has 3 amide bonds. The van der Waals surface area contributed by atoms with Crippen LogP contribution in [0.1, 0.15) is 89.0 Å². The number of piperidine rings is 1. The molecule has 1 saturated heterocycles. The fourth-order valence-corrected chi connectivity index (χ4v) is 3.72. The molecule has 0 aromatic rings. The third-order valence-corrected chi connectivity index (χ3v) is 5.42. The molecule has 1 aliphatic carbocycles. The highest BCUT2D eigenvalue weighted by Gasteiger charge is 2.33. The number of hydrogen-bond donors (Lipinski definition) is 3. The molecule has 2 aliphatic rings. The van der Waals surface area contributed by atoms with E-state index in [-0.39, 0.29) is 23.7 Å². The van der Waals surface area contributed by atoms with Gasteiger partial charge in [0.15, 0.2) is 6.04 Å². The summed E-state index contributed by atoms with van der Waals surface area (Å²) in [7, 11) is 0. The van der Waals surface area contributed by atoms with Crippen molar-refractivity contribution in [1.82, 2.24) is 15.5 Å². The zero-order chi connectivity index (χ0) is 30.9. The van der Waals surface area contributed by atoms with Crippen LogP contribution >= 0.6 is 11.6 Å². The minimum atomic E-state index is -1.05. The molecule has 1 heterocycles. The Bertz CT molecular complexity index is 733. The van der Waals surface area contributed by atoms with Crippen molar-refractivity contribution in [3.63, 3.8) is 0 Å². The minimum Gasteiger partial charge on any atom is -0.389 e. The maximum Gasteiger partial charge on any atom is 0.316 e. The quantitative estimate of drug-likeness (QED) is 0.272. The summed E-state index contributed by atoms with van der Waals surface area (Å²) >= 11 is 6.11. The molecule has 0 aromatic carbocycles. The zero-order valence-electron chi connectivity index (χ0n) is 25.9. The van der Waals surface area contributed by atoms with Crippen molar-refractivity contribution in [2.45, 2.75) is 106 Å². The lowest BCUT2D eigenvalue weighted by molar-refractivity contribution is -0.134. The van der Waals surface area contributed by atoms with E-state index in [1.54, 1.807) is 18.7 Å². The van der Waals surface area contributed by atoms with Crippen LogP contribution in [0, 0.1) is 37.0 Å². The normalized spacial score (nSPS) is 19.9. The lowest BCUT2D eigenvalue weighted by Crippen LogP contribution is -2.54. The number of likely N-dealkylation sites (tertiary alicyclic amines) is 1. The number of terminal acetylenes is 2. The predicted molar refractivity (Wildman–Crippen MR) is 166 cm³/mol. The summed E-state index contributed by atoms with van der Waals surface area (Å²) < 4.78 is 0. The van der Waals surface area contributed by atoms with Crippen molar-refractivity contribution in [1.29, 1.82) is 0 Å². The van der Waals surface area contributed by atoms with Crippen molar-refractivity contribution >= 4 is 23.5 Å². The number of hydrogen-bond acceptors (Lipinski definition) is 3. The number of carbonyl (C=O) groups is 2. The van der Waals surface area contributed by atoms with Gasteiger partial charge in [-0.15, -0.1) is 30.9 Å². The Labute approximate surface area is 240 Å². The number of urea groups is 1. The summed E-state index contributed by atoms with van der Waals surface area (Å²) in [6.45, 7) is 22.5. The molecule has 1 fully saturated rings. The van der Waals surface area contributed by atoms with Gasteiger partial charge in [-0.1, -0.05) is 86.5 Å². The van der Waals surface area contributed by atoms with Gasteiger partial charge in [-0.3, -0.25) is 4.79 Å². The van der Waals surface area contributed by atoms with Gasteiger partial charge in [0.1, 0.15) is 0 Å². The van der Waals surface area contributed by atoms with Crippen LogP contribution in [0.25, 0.3) is 0 Å². The molecular formula is C31H56ClN3O3. The van der Waals surface area contributed by atoms with E-state index in [1.807, 2.05) is 61.5 Å². The Balaban J connectivity index is -0.000000517. The van der Waals surface area contributed by atoms with E-state index < -0.39 is 17.7 Å². The Kier molecular flexibility index (Phi) is 29.4. The Hall–Kier alpha value is -2.41. The van der Waals surface area contributed by atoms with Gasteiger partial charge in [-0.2, -0.15) is 0 Å². The summed E-state index contributed by atoms with van der Waals surface area (Å²) in [5.74, 6) is 2.75.